The van der Waals surface area contributed by atoms with Gasteiger partial charge < -0.3 is 0 Å². The molecule has 124 valence electrons. The minimum atomic E-state index is -0.627. The van der Waals surface area contributed by atoms with Gasteiger partial charge in [-0.05, 0) is 36.3 Å². The van der Waals surface area contributed by atoms with Crippen LogP contribution in [0.5, 0.6) is 0 Å². The van der Waals surface area contributed by atoms with E-state index in [9.17, 15) is 5.26 Å². The molecule has 0 N–H and O–H groups in total. The minimum absolute atomic E-state index is 0.247. The molecule has 4 rings (SSSR count). The van der Waals surface area contributed by atoms with Gasteiger partial charge in [-0.3, -0.25) is 0 Å². The Labute approximate surface area is 147 Å². The van der Waals surface area contributed by atoms with Crippen molar-refractivity contribution < 1.29 is 0 Å². The Morgan fingerprint density at radius 3 is 2.12 bits per heavy atom. The monoisotopic (exact) mass is 328 g/mol. The average Bonchev–Trinajstić information content (AvgIpc) is 3.37. The van der Waals surface area contributed by atoms with Crippen LogP contribution in [0, 0.1) is 17.2 Å². The van der Waals surface area contributed by atoms with Gasteiger partial charge in [0.15, 0.2) is 0 Å². The molecule has 0 saturated heterocycles. The summed E-state index contributed by atoms with van der Waals surface area (Å²) in [6.45, 7) is 0. The van der Waals surface area contributed by atoms with E-state index in [0.29, 0.717) is 6.04 Å². The van der Waals surface area contributed by atoms with Gasteiger partial charge >= 0.3 is 0 Å². The Balaban J connectivity index is 1.78. The van der Waals surface area contributed by atoms with Crippen molar-refractivity contribution in [1.29, 1.82) is 5.26 Å². The van der Waals surface area contributed by atoms with Crippen LogP contribution >= 0.6 is 0 Å². The first-order chi connectivity index (χ1) is 12.3. The van der Waals surface area contributed by atoms with Gasteiger partial charge in [0.2, 0.25) is 0 Å². The normalized spacial score (nSPS) is 20.3. The molecule has 0 aliphatic heterocycles. The van der Waals surface area contributed by atoms with Gasteiger partial charge in [0, 0.05) is 0 Å². The topological polar surface area (TPSA) is 54.5 Å². The van der Waals surface area contributed by atoms with Gasteiger partial charge in [-0.15, -0.1) is 0 Å². The second kappa shape index (κ2) is 6.52. The molecule has 0 amide bonds. The number of aromatic nitrogens is 3. The maximum absolute atomic E-state index is 10.4. The number of benzene rings is 2. The van der Waals surface area contributed by atoms with Gasteiger partial charge in [0.05, 0.1) is 12.1 Å². The summed E-state index contributed by atoms with van der Waals surface area (Å²) in [4.78, 5) is 4.08. The Bertz CT molecular complexity index is 810. The second-order valence-corrected chi connectivity index (χ2v) is 6.69. The number of nitriles is 1. The summed E-state index contributed by atoms with van der Waals surface area (Å²) in [6, 6.07) is 23.4. The Hall–Kier alpha value is -2.93. The molecule has 1 unspecified atom stereocenters. The lowest BCUT2D eigenvalue weighted by atomic mass is 9.66. The van der Waals surface area contributed by atoms with Crippen LogP contribution in [-0.2, 0) is 5.41 Å². The lowest BCUT2D eigenvalue weighted by Gasteiger charge is -2.34. The molecule has 0 spiro atoms. The molecule has 1 fully saturated rings. The molecule has 1 aromatic heterocycles. The number of rotatable bonds is 4. The number of hydrogen-bond donors (Lipinski definition) is 0. The molecule has 3 aromatic rings. The molecule has 0 bridgehead atoms. The van der Waals surface area contributed by atoms with E-state index in [1.165, 1.54) is 0 Å². The largest absolute Gasteiger partial charge is 0.250 e. The molecule has 25 heavy (non-hydrogen) atoms. The van der Waals surface area contributed by atoms with E-state index < -0.39 is 5.41 Å². The van der Waals surface area contributed by atoms with E-state index in [4.69, 9.17) is 0 Å². The van der Waals surface area contributed by atoms with Crippen molar-refractivity contribution in [2.24, 2.45) is 5.92 Å². The summed E-state index contributed by atoms with van der Waals surface area (Å²) < 4.78 is 1.94. The van der Waals surface area contributed by atoms with Gasteiger partial charge in [0.1, 0.15) is 18.1 Å². The van der Waals surface area contributed by atoms with Crippen molar-refractivity contribution >= 4 is 0 Å². The molecule has 1 saturated carbocycles. The summed E-state index contributed by atoms with van der Waals surface area (Å²) in [5.41, 5.74) is 1.53. The highest BCUT2D eigenvalue weighted by molar-refractivity contribution is 5.47. The summed E-state index contributed by atoms with van der Waals surface area (Å²) in [6.07, 6.45) is 6.32. The predicted octanol–water partition coefficient (Wildman–Crippen LogP) is 4.13. The van der Waals surface area contributed by atoms with Gasteiger partial charge in [0.25, 0.3) is 0 Å². The van der Waals surface area contributed by atoms with E-state index in [2.05, 4.69) is 40.4 Å². The first-order valence-electron chi connectivity index (χ1n) is 8.71. The van der Waals surface area contributed by atoms with Crippen LogP contribution in [-0.4, -0.2) is 14.8 Å². The van der Waals surface area contributed by atoms with Crippen LogP contribution in [0.25, 0.3) is 0 Å². The van der Waals surface area contributed by atoms with Gasteiger partial charge in [-0.2, -0.15) is 10.4 Å². The SMILES string of the molecule is N#CC(c1ccccc1)(c1ccccc1)C1CC[C@H](n2cncn2)C1. The van der Waals surface area contributed by atoms with Crippen molar-refractivity contribution in [3.63, 3.8) is 0 Å². The zero-order valence-electron chi connectivity index (χ0n) is 14.0. The predicted molar refractivity (Wildman–Crippen MR) is 95.7 cm³/mol. The molecular weight excluding hydrogens is 308 g/mol. The van der Waals surface area contributed by atoms with E-state index in [1.54, 1.807) is 12.7 Å². The highest BCUT2D eigenvalue weighted by Crippen LogP contribution is 2.49. The van der Waals surface area contributed by atoms with Gasteiger partial charge in [-0.1, -0.05) is 60.7 Å². The highest BCUT2D eigenvalue weighted by Gasteiger charge is 2.46. The standard InChI is InChI=1S/C21H20N4/c22-14-21(17-7-3-1-4-8-17,18-9-5-2-6-10-18)19-11-12-20(13-19)25-16-23-15-24-25/h1-10,15-16,19-20H,11-13H2/t19?,20-/m0/s1. The van der Waals surface area contributed by atoms with Crippen molar-refractivity contribution in [3.8, 4) is 6.07 Å². The maximum Gasteiger partial charge on any atom is 0.137 e. The van der Waals surface area contributed by atoms with E-state index in [0.717, 1.165) is 30.4 Å². The van der Waals surface area contributed by atoms with Gasteiger partial charge in [-0.25, -0.2) is 9.67 Å². The lowest BCUT2D eigenvalue weighted by molar-refractivity contribution is 0.372. The first kappa shape index (κ1) is 15.6. The van der Waals surface area contributed by atoms with Crippen LogP contribution < -0.4 is 0 Å². The van der Waals surface area contributed by atoms with Crippen LogP contribution in [0.2, 0.25) is 0 Å². The molecule has 1 aliphatic rings. The average molecular weight is 328 g/mol. The fourth-order valence-electron chi connectivity index (χ4n) is 4.26. The fraction of sp³-hybridized carbons (Fsp3) is 0.286. The summed E-state index contributed by atoms with van der Waals surface area (Å²) >= 11 is 0. The number of hydrogen-bond acceptors (Lipinski definition) is 3. The molecule has 1 heterocycles. The fourth-order valence-corrected chi connectivity index (χ4v) is 4.26. The van der Waals surface area contributed by atoms with Crippen molar-refractivity contribution in [2.75, 3.05) is 0 Å². The third-order valence-corrected chi connectivity index (χ3v) is 5.46. The van der Waals surface area contributed by atoms with Crippen LogP contribution in [0.1, 0.15) is 36.4 Å². The third-order valence-electron chi connectivity index (χ3n) is 5.46. The Kier molecular flexibility index (Phi) is 4.07. The molecule has 0 radical (unpaired) electrons. The second-order valence-electron chi connectivity index (χ2n) is 6.69. The third kappa shape index (κ3) is 2.62. The smallest absolute Gasteiger partial charge is 0.137 e. The molecular formula is C21H20N4. The van der Waals surface area contributed by atoms with Crippen LogP contribution in [0.15, 0.2) is 73.3 Å². The molecule has 4 heteroatoms. The summed E-state index contributed by atoms with van der Waals surface area (Å²) in [7, 11) is 0. The number of nitrogens with zero attached hydrogens (tertiary/aromatic N) is 4. The van der Waals surface area contributed by atoms with E-state index in [1.807, 2.05) is 41.1 Å². The summed E-state index contributed by atoms with van der Waals surface area (Å²) in [5.74, 6) is 0.247. The zero-order chi connectivity index (χ0) is 17.1. The Morgan fingerprint density at radius 2 is 1.60 bits per heavy atom. The zero-order valence-corrected chi connectivity index (χ0v) is 14.0. The lowest BCUT2D eigenvalue weighted by Crippen LogP contribution is -2.34. The van der Waals surface area contributed by atoms with E-state index >= 15 is 0 Å². The minimum Gasteiger partial charge on any atom is -0.250 e. The van der Waals surface area contributed by atoms with Crippen LogP contribution in [0.3, 0.4) is 0 Å². The first-order valence-corrected chi connectivity index (χ1v) is 8.71. The van der Waals surface area contributed by atoms with Crippen molar-refractivity contribution in [2.45, 2.75) is 30.7 Å². The van der Waals surface area contributed by atoms with Crippen LogP contribution in [0.4, 0.5) is 0 Å². The highest BCUT2D eigenvalue weighted by atomic mass is 15.3. The quantitative estimate of drug-likeness (QED) is 0.723. The summed E-state index contributed by atoms with van der Waals surface area (Å²) in [5, 5.41) is 14.7. The molecule has 1 aliphatic carbocycles. The van der Waals surface area contributed by atoms with Crippen molar-refractivity contribution in [3.05, 3.63) is 84.4 Å². The molecule has 4 nitrogen and oxygen atoms in total. The van der Waals surface area contributed by atoms with E-state index in [-0.39, 0.29) is 5.92 Å². The van der Waals surface area contributed by atoms with Crippen molar-refractivity contribution in [1.82, 2.24) is 14.8 Å². The molecule has 2 atom stereocenters. The maximum atomic E-state index is 10.4. The Morgan fingerprint density at radius 1 is 0.960 bits per heavy atom. The molecule has 2 aromatic carbocycles.